The van der Waals surface area contributed by atoms with E-state index in [9.17, 15) is 5.11 Å². The second-order valence-electron chi connectivity index (χ2n) is 4.57. The molecule has 0 bridgehead atoms. The van der Waals surface area contributed by atoms with E-state index < -0.39 is 6.10 Å². The number of halogens is 3. The monoisotopic (exact) mass is 468 g/mol. The maximum atomic E-state index is 10.5. The fraction of sp³-hybridized carbons (Fsp3) is 0.357. The van der Waals surface area contributed by atoms with Crippen molar-refractivity contribution in [2.45, 2.75) is 25.9 Å². The molecule has 0 fully saturated rings. The molecular formula is C14H15BrClIN2O. The number of hydrogen-bond acceptors (Lipinski definition) is 2. The predicted molar refractivity (Wildman–Crippen MR) is 93.1 cm³/mol. The van der Waals surface area contributed by atoms with E-state index in [-0.39, 0.29) is 0 Å². The molecule has 2 rings (SSSR count). The number of benzene rings is 1. The van der Waals surface area contributed by atoms with Gasteiger partial charge >= 0.3 is 0 Å². The van der Waals surface area contributed by atoms with Gasteiger partial charge in [-0.1, -0.05) is 18.5 Å². The topological polar surface area (TPSA) is 38.0 Å². The molecule has 1 aromatic heterocycles. The summed E-state index contributed by atoms with van der Waals surface area (Å²) in [4.78, 5) is 0. The molecule has 0 amide bonds. The van der Waals surface area contributed by atoms with Gasteiger partial charge in [0, 0.05) is 22.1 Å². The summed E-state index contributed by atoms with van der Waals surface area (Å²) < 4.78 is 3.82. The van der Waals surface area contributed by atoms with E-state index in [0.29, 0.717) is 11.4 Å². The molecule has 0 radical (unpaired) electrons. The maximum absolute atomic E-state index is 10.5. The van der Waals surface area contributed by atoms with Crippen molar-refractivity contribution in [2.75, 3.05) is 0 Å². The molecule has 108 valence electrons. The van der Waals surface area contributed by atoms with Crippen molar-refractivity contribution >= 4 is 50.1 Å². The van der Waals surface area contributed by atoms with E-state index in [4.69, 9.17) is 11.6 Å². The van der Waals surface area contributed by atoms with Gasteiger partial charge in [0.15, 0.2) is 0 Å². The number of aliphatic hydroxyl groups is 1. The molecule has 20 heavy (non-hydrogen) atoms. The summed E-state index contributed by atoms with van der Waals surface area (Å²) in [6, 6.07) is 5.56. The first kappa shape index (κ1) is 16.3. The SMILES string of the molecule is CCc1nn(C)c(CC(O)c2cc(Cl)ccc2I)c1Br. The maximum Gasteiger partial charge on any atom is 0.0856 e. The first-order valence-electron chi connectivity index (χ1n) is 6.27. The van der Waals surface area contributed by atoms with Crippen LogP contribution in [0.2, 0.25) is 5.02 Å². The molecule has 3 nitrogen and oxygen atoms in total. The summed E-state index contributed by atoms with van der Waals surface area (Å²) in [5.74, 6) is 0. The van der Waals surface area contributed by atoms with Crippen molar-refractivity contribution in [3.8, 4) is 0 Å². The van der Waals surface area contributed by atoms with E-state index in [1.165, 1.54) is 0 Å². The lowest BCUT2D eigenvalue weighted by Crippen LogP contribution is -2.08. The van der Waals surface area contributed by atoms with Crippen molar-refractivity contribution in [1.29, 1.82) is 0 Å². The van der Waals surface area contributed by atoms with E-state index in [1.54, 1.807) is 0 Å². The summed E-state index contributed by atoms with van der Waals surface area (Å²) >= 11 is 11.8. The molecule has 1 heterocycles. The van der Waals surface area contributed by atoms with Gasteiger partial charge in [0.2, 0.25) is 0 Å². The van der Waals surface area contributed by atoms with Crippen LogP contribution in [0.5, 0.6) is 0 Å². The minimum atomic E-state index is -0.600. The van der Waals surface area contributed by atoms with Crippen LogP contribution in [0.4, 0.5) is 0 Å². The number of rotatable bonds is 4. The predicted octanol–water partition coefficient (Wildman–Crippen LogP) is 4.28. The van der Waals surface area contributed by atoms with Gasteiger partial charge in [-0.3, -0.25) is 4.68 Å². The fourth-order valence-electron chi connectivity index (χ4n) is 2.10. The summed E-state index contributed by atoms with van der Waals surface area (Å²) in [5, 5.41) is 15.6. The molecule has 1 N–H and O–H groups in total. The summed E-state index contributed by atoms with van der Waals surface area (Å²) in [6.45, 7) is 2.06. The van der Waals surface area contributed by atoms with Gasteiger partial charge in [-0.15, -0.1) is 0 Å². The number of hydrogen-bond donors (Lipinski definition) is 1. The molecule has 6 heteroatoms. The van der Waals surface area contributed by atoms with Crippen molar-refractivity contribution in [1.82, 2.24) is 9.78 Å². The fourth-order valence-corrected chi connectivity index (χ4v) is 3.76. The molecule has 1 aromatic carbocycles. The Hall–Kier alpha value is -0.110. The zero-order valence-corrected chi connectivity index (χ0v) is 15.7. The van der Waals surface area contributed by atoms with Crippen LogP contribution < -0.4 is 0 Å². The lowest BCUT2D eigenvalue weighted by molar-refractivity contribution is 0.174. The Labute approximate surface area is 145 Å². The van der Waals surface area contributed by atoms with Crippen molar-refractivity contribution in [2.24, 2.45) is 7.05 Å². The highest BCUT2D eigenvalue weighted by atomic mass is 127. The van der Waals surface area contributed by atoms with Crippen LogP contribution in [0.3, 0.4) is 0 Å². The van der Waals surface area contributed by atoms with Crippen LogP contribution in [-0.4, -0.2) is 14.9 Å². The van der Waals surface area contributed by atoms with Crippen molar-refractivity contribution in [3.05, 3.63) is 48.2 Å². The Morgan fingerprint density at radius 3 is 2.80 bits per heavy atom. The summed E-state index contributed by atoms with van der Waals surface area (Å²) in [6.07, 6.45) is 0.761. The molecule has 0 aliphatic rings. The third kappa shape index (κ3) is 3.37. The van der Waals surface area contributed by atoms with E-state index in [2.05, 4.69) is 50.5 Å². The van der Waals surface area contributed by atoms with Gasteiger partial charge in [0.1, 0.15) is 0 Å². The number of aromatic nitrogens is 2. The Morgan fingerprint density at radius 1 is 1.50 bits per heavy atom. The van der Waals surface area contributed by atoms with E-state index in [0.717, 1.165) is 31.4 Å². The Balaban J connectivity index is 2.30. The zero-order chi connectivity index (χ0) is 14.9. The minimum Gasteiger partial charge on any atom is -0.388 e. The van der Waals surface area contributed by atoms with E-state index >= 15 is 0 Å². The average Bonchev–Trinajstić information content (AvgIpc) is 2.68. The van der Waals surface area contributed by atoms with Gasteiger partial charge < -0.3 is 5.11 Å². The second-order valence-corrected chi connectivity index (χ2v) is 6.96. The van der Waals surface area contributed by atoms with Gasteiger partial charge in [0.05, 0.1) is 22.0 Å². The second kappa shape index (κ2) is 6.77. The highest BCUT2D eigenvalue weighted by molar-refractivity contribution is 14.1. The number of nitrogens with zero attached hydrogens (tertiary/aromatic N) is 2. The molecule has 1 atom stereocenters. The standard InChI is InChI=1S/C14H15BrClIN2O/c1-3-11-14(15)12(19(2)18-11)7-13(20)9-6-8(16)4-5-10(9)17/h4-6,13,20H,3,7H2,1-2H3. The van der Waals surface area contributed by atoms with Crippen molar-refractivity contribution < 1.29 is 5.11 Å². The van der Waals surface area contributed by atoms with Gasteiger partial charge in [-0.25, -0.2) is 0 Å². The average molecular weight is 470 g/mol. The third-order valence-electron chi connectivity index (χ3n) is 3.21. The summed E-state index contributed by atoms with van der Waals surface area (Å²) in [7, 11) is 1.90. The van der Waals surface area contributed by atoms with Crippen LogP contribution in [-0.2, 0) is 19.9 Å². The molecule has 0 saturated carbocycles. The normalized spacial score (nSPS) is 12.7. The highest BCUT2D eigenvalue weighted by Crippen LogP contribution is 2.30. The molecule has 1 unspecified atom stereocenters. The quantitative estimate of drug-likeness (QED) is 0.679. The molecule has 0 aliphatic carbocycles. The smallest absolute Gasteiger partial charge is 0.0856 e. The molecule has 2 aromatic rings. The first-order chi connectivity index (χ1) is 9.43. The van der Waals surface area contributed by atoms with Crippen molar-refractivity contribution in [3.63, 3.8) is 0 Å². The number of aryl methyl sites for hydroxylation is 2. The third-order valence-corrected chi connectivity index (χ3v) is 5.34. The van der Waals surface area contributed by atoms with Gasteiger partial charge in [0.25, 0.3) is 0 Å². The van der Waals surface area contributed by atoms with Crippen LogP contribution in [0.25, 0.3) is 0 Å². The molecular weight excluding hydrogens is 454 g/mol. The van der Waals surface area contributed by atoms with E-state index in [1.807, 2.05) is 29.9 Å². The van der Waals surface area contributed by atoms with Gasteiger partial charge in [-0.05, 0) is 68.7 Å². The van der Waals surface area contributed by atoms with Gasteiger partial charge in [-0.2, -0.15) is 5.10 Å². The van der Waals surface area contributed by atoms with Crippen LogP contribution in [0, 0.1) is 3.57 Å². The van der Waals surface area contributed by atoms with Crippen LogP contribution >= 0.6 is 50.1 Å². The zero-order valence-electron chi connectivity index (χ0n) is 11.2. The Kier molecular flexibility index (Phi) is 5.50. The molecule has 0 spiro atoms. The lowest BCUT2D eigenvalue weighted by atomic mass is 10.0. The molecule has 0 aliphatic heterocycles. The number of aliphatic hydroxyl groups excluding tert-OH is 1. The minimum absolute atomic E-state index is 0.500. The highest BCUT2D eigenvalue weighted by Gasteiger charge is 2.19. The Morgan fingerprint density at radius 2 is 2.20 bits per heavy atom. The Bertz CT molecular complexity index is 630. The lowest BCUT2D eigenvalue weighted by Gasteiger charge is -2.14. The summed E-state index contributed by atoms with van der Waals surface area (Å²) in [5.41, 5.74) is 2.85. The largest absolute Gasteiger partial charge is 0.388 e. The first-order valence-corrected chi connectivity index (χ1v) is 8.52. The van der Waals surface area contributed by atoms with Crippen LogP contribution in [0.1, 0.15) is 30.0 Å². The van der Waals surface area contributed by atoms with Crippen LogP contribution in [0.15, 0.2) is 22.7 Å². The molecule has 0 saturated heterocycles.